The molecule has 2 unspecified atom stereocenters. The van der Waals surface area contributed by atoms with Crippen molar-refractivity contribution in [3.8, 4) is 0 Å². The molecule has 2 aliphatic rings. The maximum atomic E-state index is 12.4. The molecule has 5 heteroatoms. The maximum Gasteiger partial charge on any atom is 0.239 e. The van der Waals surface area contributed by atoms with Crippen molar-refractivity contribution < 1.29 is 14.3 Å². The van der Waals surface area contributed by atoms with Crippen molar-refractivity contribution in [3.05, 3.63) is 0 Å². The Morgan fingerprint density at radius 1 is 1.39 bits per heavy atom. The molecular weight excluding hydrogens is 232 g/mol. The first kappa shape index (κ1) is 13.8. The minimum atomic E-state index is -0.371. The fourth-order valence-electron chi connectivity index (χ4n) is 2.65. The molecule has 5 nitrogen and oxygen atoms in total. The number of carbonyl (C=O) groups excluding carboxylic acids is 1. The quantitative estimate of drug-likeness (QED) is 0.793. The van der Waals surface area contributed by atoms with Gasteiger partial charge in [-0.15, -0.1) is 0 Å². The second kappa shape index (κ2) is 6.50. The summed E-state index contributed by atoms with van der Waals surface area (Å²) in [7, 11) is 0. The van der Waals surface area contributed by atoms with Crippen LogP contribution in [0.1, 0.15) is 26.2 Å². The monoisotopic (exact) mass is 256 g/mol. The number of amides is 1. The Morgan fingerprint density at radius 2 is 2.11 bits per heavy atom. The largest absolute Gasteiger partial charge is 0.381 e. The molecule has 2 saturated heterocycles. The lowest BCUT2D eigenvalue weighted by Crippen LogP contribution is -2.54. The summed E-state index contributed by atoms with van der Waals surface area (Å²) in [5.41, 5.74) is 6.12. The van der Waals surface area contributed by atoms with Gasteiger partial charge in [0.05, 0.1) is 18.8 Å². The molecule has 0 radical (unpaired) electrons. The van der Waals surface area contributed by atoms with Gasteiger partial charge in [-0.1, -0.05) is 6.92 Å². The Kier molecular flexibility index (Phi) is 4.97. The Bertz CT molecular complexity index is 275. The van der Waals surface area contributed by atoms with Crippen LogP contribution in [0.25, 0.3) is 0 Å². The fraction of sp³-hybridized carbons (Fsp3) is 0.923. The third-order valence-electron chi connectivity index (χ3n) is 3.96. The van der Waals surface area contributed by atoms with E-state index in [9.17, 15) is 4.79 Å². The van der Waals surface area contributed by atoms with E-state index in [2.05, 4.69) is 6.92 Å². The number of hydrogen-bond acceptors (Lipinski definition) is 4. The number of morpholine rings is 1. The zero-order valence-electron chi connectivity index (χ0n) is 11.1. The van der Waals surface area contributed by atoms with E-state index in [0.717, 1.165) is 32.5 Å². The number of nitrogens with zero attached hydrogens (tertiary/aromatic N) is 1. The Hall–Kier alpha value is -0.650. The van der Waals surface area contributed by atoms with Crippen molar-refractivity contribution in [3.63, 3.8) is 0 Å². The number of hydrogen-bond donors (Lipinski definition) is 1. The molecule has 1 amide bonds. The van der Waals surface area contributed by atoms with Crippen LogP contribution in [0.3, 0.4) is 0 Å². The molecule has 0 bridgehead atoms. The minimum absolute atomic E-state index is 0.0867. The smallest absolute Gasteiger partial charge is 0.239 e. The minimum Gasteiger partial charge on any atom is -0.381 e. The number of carbonyl (C=O) groups is 1. The molecule has 2 fully saturated rings. The van der Waals surface area contributed by atoms with Crippen molar-refractivity contribution in [2.24, 2.45) is 11.7 Å². The van der Waals surface area contributed by atoms with E-state index >= 15 is 0 Å². The summed E-state index contributed by atoms with van der Waals surface area (Å²) < 4.78 is 10.9. The lowest BCUT2D eigenvalue weighted by molar-refractivity contribution is -0.142. The highest BCUT2D eigenvalue weighted by Gasteiger charge is 2.32. The molecular formula is C13H24N2O3. The zero-order valence-corrected chi connectivity index (χ0v) is 11.1. The highest BCUT2D eigenvalue weighted by Crippen LogP contribution is 2.20. The topological polar surface area (TPSA) is 64.8 Å². The normalized spacial score (nSPS) is 28.1. The molecule has 0 aromatic rings. The van der Waals surface area contributed by atoms with Crippen LogP contribution < -0.4 is 5.73 Å². The number of ether oxygens (including phenoxy) is 2. The Labute approximate surface area is 109 Å². The molecule has 2 aliphatic heterocycles. The second-order valence-corrected chi connectivity index (χ2v) is 5.16. The maximum absolute atomic E-state index is 12.4. The molecule has 2 N–H and O–H groups in total. The third kappa shape index (κ3) is 3.22. The molecule has 2 rings (SSSR count). The van der Waals surface area contributed by atoms with Crippen LogP contribution in [0.4, 0.5) is 0 Å². The van der Waals surface area contributed by atoms with Crippen molar-refractivity contribution in [1.29, 1.82) is 0 Å². The Balaban J connectivity index is 1.88. The van der Waals surface area contributed by atoms with E-state index in [4.69, 9.17) is 15.2 Å². The molecule has 0 aliphatic carbocycles. The van der Waals surface area contributed by atoms with Gasteiger partial charge in [0.2, 0.25) is 5.91 Å². The van der Waals surface area contributed by atoms with Crippen molar-refractivity contribution in [1.82, 2.24) is 4.90 Å². The first-order valence-electron chi connectivity index (χ1n) is 6.96. The van der Waals surface area contributed by atoms with Crippen LogP contribution in [0.2, 0.25) is 0 Å². The summed E-state index contributed by atoms with van der Waals surface area (Å²) in [5.74, 6) is 0.359. The average Bonchev–Trinajstić information content (AvgIpc) is 2.46. The number of rotatable bonds is 3. The molecule has 0 aromatic carbocycles. The molecule has 2 heterocycles. The van der Waals surface area contributed by atoms with Crippen molar-refractivity contribution in [2.45, 2.75) is 38.3 Å². The lowest BCUT2D eigenvalue weighted by Gasteiger charge is -2.36. The van der Waals surface area contributed by atoms with E-state index < -0.39 is 0 Å². The summed E-state index contributed by atoms with van der Waals surface area (Å²) >= 11 is 0. The van der Waals surface area contributed by atoms with Gasteiger partial charge in [0.25, 0.3) is 0 Å². The highest BCUT2D eigenvalue weighted by molar-refractivity contribution is 5.82. The van der Waals surface area contributed by atoms with Crippen LogP contribution in [0, 0.1) is 5.92 Å². The van der Waals surface area contributed by atoms with E-state index in [-0.39, 0.29) is 24.0 Å². The predicted molar refractivity (Wildman–Crippen MR) is 68.1 cm³/mol. The highest BCUT2D eigenvalue weighted by atomic mass is 16.5. The molecule has 104 valence electrons. The molecule has 0 saturated carbocycles. The first-order chi connectivity index (χ1) is 8.72. The van der Waals surface area contributed by atoms with E-state index in [1.807, 2.05) is 4.90 Å². The molecule has 0 aromatic heterocycles. The summed E-state index contributed by atoms with van der Waals surface area (Å²) in [6.45, 7) is 5.53. The first-order valence-corrected chi connectivity index (χ1v) is 6.96. The lowest BCUT2D eigenvalue weighted by atomic mass is 9.91. The molecule has 18 heavy (non-hydrogen) atoms. The van der Waals surface area contributed by atoms with Gasteiger partial charge >= 0.3 is 0 Å². The molecule has 2 atom stereocenters. The number of nitrogens with two attached hydrogens (primary N) is 1. The van der Waals surface area contributed by atoms with Gasteiger partial charge in [-0.05, 0) is 25.2 Å². The summed E-state index contributed by atoms with van der Waals surface area (Å²) in [6.07, 6.45) is 2.91. The average molecular weight is 256 g/mol. The zero-order chi connectivity index (χ0) is 13.0. The van der Waals surface area contributed by atoms with Gasteiger partial charge in [-0.2, -0.15) is 0 Å². The second-order valence-electron chi connectivity index (χ2n) is 5.16. The SMILES string of the molecule is CCC1CN(C(=O)C(N)C2CCOCC2)CCO1. The van der Waals surface area contributed by atoms with Gasteiger partial charge < -0.3 is 20.1 Å². The fourth-order valence-corrected chi connectivity index (χ4v) is 2.65. The van der Waals surface area contributed by atoms with Crippen LogP contribution >= 0.6 is 0 Å². The standard InChI is InChI=1S/C13H24N2O3/c1-2-11-9-15(5-8-18-11)13(16)12(14)10-3-6-17-7-4-10/h10-12H,2-9,14H2,1H3. The van der Waals surface area contributed by atoms with Crippen LogP contribution in [0.15, 0.2) is 0 Å². The van der Waals surface area contributed by atoms with Gasteiger partial charge in [-0.25, -0.2) is 0 Å². The van der Waals surface area contributed by atoms with E-state index in [0.29, 0.717) is 19.7 Å². The third-order valence-corrected chi connectivity index (χ3v) is 3.96. The van der Waals surface area contributed by atoms with Crippen molar-refractivity contribution in [2.75, 3.05) is 32.9 Å². The predicted octanol–water partition coefficient (Wildman–Crippen LogP) is 0.378. The Morgan fingerprint density at radius 3 is 2.78 bits per heavy atom. The van der Waals surface area contributed by atoms with Crippen LogP contribution in [-0.2, 0) is 14.3 Å². The van der Waals surface area contributed by atoms with Gasteiger partial charge in [0, 0.05) is 26.3 Å². The van der Waals surface area contributed by atoms with E-state index in [1.165, 1.54) is 0 Å². The van der Waals surface area contributed by atoms with Crippen molar-refractivity contribution >= 4 is 5.91 Å². The van der Waals surface area contributed by atoms with Gasteiger partial charge in [0.1, 0.15) is 0 Å². The van der Waals surface area contributed by atoms with Gasteiger partial charge in [0.15, 0.2) is 0 Å². The van der Waals surface area contributed by atoms with E-state index in [1.54, 1.807) is 0 Å². The summed E-state index contributed by atoms with van der Waals surface area (Å²) in [6, 6.07) is -0.371. The molecule has 0 spiro atoms. The summed E-state index contributed by atoms with van der Waals surface area (Å²) in [4.78, 5) is 14.2. The van der Waals surface area contributed by atoms with Crippen LogP contribution in [-0.4, -0.2) is 55.9 Å². The summed E-state index contributed by atoms with van der Waals surface area (Å²) in [5, 5.41) is 0. The van der Waals surface area contributed by atoms with Gasteiger partial charge in [-0.3, -0.25) is 4.79 Å². The van der Waals surface area contributed by atoms with Crippen LogP contribution in [0.5, 0.6) is 0 Å².